The molecule has 2 aromatic carbocycles. The molecule has 2 unspecified atom stereocenters. The summed E-state index contributed by atoms with van der Waals surface area (Å²) in [5.41, 5.74) is 0.919. The molecule has 5 rings (SSSR count). The summed E-state index contributed by atoms with van der Waals surface area (Å²) in [6, 6.07) is 7.99. The minimum Gasteiger partial charge on any atom is -0.507 e. The number of nitrogens with one attached hydrogen (secondary N) is 1. The fourth-order valence-corrected chi connectivity index (χ4v) is 8.28. The largest absolute Gasteiger partial charge is 0.507 e. The summed E-state index contributed by atoms with van der Waals surface area (Å²) in [6.45, 7) is 4.57. The number of ketones is 4. The highest BCUT2D eigenvalue weighted by atomic mass is 16.5. The lowest BCUT2D eigenvalue weighted by atomic mass is 9.42. The predicted octanol–water partition coefficient (Wildman–Crippen LogP) is 0.607. The van der Waals surface area contributed by atoms with Crippen LogP contribution in [-0.4, -0.2) is 94.9 Å². The van der Waals surface area contributed by atoms with Crippen molar-refractivity contribution in [2.75, 3.05) is 27.2 Å². The van der Waals surface area contributed by atoms with Gasteiger partial charge in [-0.15, -0.1) is 0 Å². The van der Waals surface area contributed by atoms with Crippen LogP contribution in [0.5, 0.6) is 5.75 Å². The molecule has 0 aromatic heterocycles. The van der Waals surface area contributed by atoms with Crippen LogP contribution in [0.1, 0.15) is 53.5 Å². The number of fused-ring (bicyclic) bond motifs is 3. The monoisotopic (exact) mass is 647 g/mol. The summed E-state index contributed by atoms with van der Waals surface area (Å²) >= 11 is 0. The van der Waals surface area contributed by atoms with E-state index >= 15 is 0 Å². The first kappa shape index (κ1) is 33.6. The number of nitrogens with two attached hydrogens (primary N) is 1. The second kappa shape index (κ2) is 11.5. The van der Waals surface area contributed by atoms with Crippen LogP contribution in [0.3, 0.4) is 0 Å². The van der Waals surface area contributed by atoms with Crippen LogP contribution in [0.15, 0.2) is 36.4 Å². The Hall–Kier alpha value is -4.75. The number of nitrogens with zero attached hydrogens (tertiary/aromatic N) is 1. The predicted molar refractivity (Wildman–Crippen MR) is 165 cm³/mol. The Morgan fingerprint density at radius 2 is 1.74 bits per heavy atom. The first-order valence-corrected chi connectivity index (χ1v) is 15.2. The van der Waals surface area contributed by atoms with E-state index in [0.29, 0.717) is 16.7 Å². The normalized spacial score (nSPS) is 29.9. The number of aliphatic hydroxyl groups is 1. The zero-order valence-corrected chi connectivity index (χ0v) is 26.7. The Morgan fingerprint density at radius 1 is 1.06 bits per heavy atom. The number of phenols is 1. The zero-order chi connectivity index (χ0) is 34.8. The van der Waals surface area contributed by atoms with E-state index in [4.69, 9.17) is 10.5 Å². The maximum atomic E-state index is 14.4. The summed E-state index contributed by atoms with van der Waals surface area (Å²) in [5, 5.41) is 25.5. The maximum absolute atomic E-state index is 14.4. The Labute approximate surface area is 270 Å². The van der Waals surface area contributed by atoms with Crippen molar-refractivity contribution in [1.29, 1.82) is 0 Å². The number of ether oxygens (including phenoxy) is 1. The van der Waals surface area contributed by atoms with Crippen molar-refractivity contribution < 1.29 is 48.5 Å². The lowest BCUT2D eigenvalue weighted by Gasteiger charge is -2.61. The minimum absolute atomic E-state index is 0.0148. The van der Waals surface area contributed by atoms with Gasteiger partial charge in [0.2, 0.25) is 5.91 Å². The molecule has 0 saturated heterocycles. The van der Waals surface area contributed by atoms with Gasteiger partial charge in [0.25, 0.3) is 5.91 Å². The van der Waals surface area contributed by atoms with Gasteiger partial charge in [-0.25, -0.2) is 0 Å². The lowest BCUT2D eigenvalue weighted by Crippen LogP contribution is -2.79. The molecule has 0 spiro atoms. The van der Waals surface area contributed by atoms with Crippen molar-refractivity contribution in [3.05, 3.63) is 53.1 Å². The van der Waals surface area contributed by atoms with E-state index in [0.717, 1.165) is 0 Å². The molecular weight excluding hydrogens is 610 g/mol. The van der Waals surface area contributed by atoms with Crippen molar-refractivity contribution in [1.82, 2.24) is 10.2 Å². The second-order valence-electron chi connectivity index (χ2n) is 13.3. The maximum Gasteiger partial charge on any atom is 0.325 e. The standard InChI is InChI=1S/C34H37N3O10/c1-6-47-21(39)14-36-31(45)17-9-7-8-16(12-17)18-10-11-20(38)22-19(18)13-32(2)15-33(3)27(37(4)5)26(41)23(30(35)44)28(42)34(33,46)29(43)24(32)25(22)40/h7-12,23-24,27,38,46H,6,13-15H2,1-5H3,(H2,35,44)(H,36,45)/t23?,24?,27-,32+,33+,34-/m1/s1. The third-order valence-electron chi connectivity index (χ3n) is 10.0. The number of hydrogen-bond acceptors (Lipinski definition) is 11. The van der Waals surface area contributed by atoms with E-state index in [9.17, 15) is 43.8 Å². The number of Topliss-reactive ketones (excluding diaryl/α,β-unsaturated/α-hetero) is 4. The summed E-state index contributed by atoms with van der Waals surface area (Å²) in [6.07, 6.45) is -0.143. The molecule has 0 heterocycles. The van der Waals surface area contributed by atoms with Crippen LogP contribution >= 0.6 is 0 Å². The third kappa shape index (κ3) is 4.87. The molecule has 6 atom stereocenters. The Morgan fingerprint density at radius 3 is 2.36 bits per heavy atom. The van der Waals surface area contributed by atoms with E-state index in [1.165, 1.54) is 32.0 Å². The highest BCUT2D eigenvalue weighted by Crippen LogP contribution is 2.62. The summed E-state index contributed by atoms with van der Waals surface area (Å²) in [4.78, 5) is 94.4. The zero-order valence-electron chi connectivity index (χ0n) is 26.7. The van der Waals surface area contributed by atoms with Crippen LogP contribution in [0, 0.1) is 22.7 Å². The molecule has 5 N–H and O–H groups in total. The van der Waals surface area contributed by atoms with Gasteiger partial charge in [-0.05, 0) is 74.2 Å². The number of esters is 1. The smallest absolute Gasteiger partial charge is 0.325 e. The Bertz CT molecular complexity index is 1770. The van der Waals surface area contributed by atoms with Crippen molar-refractivity contribution >= 4 is 40.9 Å². The molecule has 2 amide bonds. The highest BCUT2D eigenvalue weighted by molar-refractivity contribution is 6.33. The average molecular weight is 648 g/mol. The van der Waals surface area contributed by atoms with Gasteiger partial charge in [0.15, 0.2) is 34.7 Å². The van der Waals surface area contributed by atoms with Crippen molar-refractivity contribution in [2.45, 2.75) is 45.3 Å². The fourth-order valence-electron chi connectivity index (χ4n) is 8.28. The van der Waals surface area contributed by atoms with Crippen LogP contribution in [-0.2, 0) is 35.1 Å². The molecule has 0 aliphatic heterocycles. The number of amides is 2. The SMILES string of the molecule is CCOC(=O)CNC(=O)c1cccc(-c2ccc(O)c3c2C[C@@]2(C)C[C@@]4(C)[C@H](N(C)C)C(=O)C(C(N)=O)C(=O)[C@@]4(O)C(=O)C2C3=O)c1. The number of benzene rings is 2. The first-order valence-electron chi connectivity index (χ1n) is 15.2. The van der Waals surface area contributed by atoms with E-state index in [1.807, 2.05) is 0 Å². The molecule has 2 fully saturated rings. The molecule has 248 valence electrons. The van der Waals surface area contributed by atoms with Crippen LogP contribution < -0.4 is 11.1 Å². The molecule has 2 saturated carbocycles. The van der Waals surface area contributed by atoms with Gasteiger partial charge >= 0.3 is 5.97 Å². The number of rotatable bonds is 7. The lowest BCUT2D eigenvalue weighted by molar-refractivity contribution is -0.203. The minimum atomic E-state index is -2.90. The molecule has 13 heteroatoms. The summed E-state index contributed by atoms with van der Waals surface area (Å²) < 4.78 is 4.85. The molecule has 0 bridgehead atoms. The molecular formula is C34H37N3O10. The van der Waals surface area contributed by atoms with Crippen LogP contribution in [0.2, 0.25) is 0 Å². The number of likely N-dealkylation sites (N-methyl/N-ethyl adjacent to an activating group) is 1. The number of phenolic OH excluding ortho intramolecular Hbond substituents is 1. The van der Waals surface area contributed by atoms with Crippen LogP contribution in [0.25, 0.3) is 11.1 Å². The van der Waals surface area contributed by atoms with E-state index < -0.39 is 81.0 Å². The third-order valence-corrected chi connectivity index (χ3v) is 10.0. The number of aromatic hydroxyl groups is 1. The quantitative estimate of drug-likeness (QED) is 0.242. The second-order valence-corrected chi connectivity index (χ2v) is 13.3. The first-order chi connectivity index (χ1) is 21.9. The molecule has 0 radical (unpaired) electrons. The highest BCUT2D eigenvalue weighted by Gasteiger charge is 2.76. The van der Waals surface area contributed by atoms with Gasteiger partial charge in [-0.1, -0.05) is 32.0 Å². The average Bonchev–Trinajstić information content (AvgIpc) is 2.97. The molecule has 2 aromatic rings. The fraction of sp³-hybridized carbons (Fsp3) is 0.441. The number of hydrogen-bond donors (Lipinski definition) is 4. The van der Waals surface area contributed by atoms with Gasteiger partial charge < -0.3 is 26.0 Å². The Balaban J connectivity index is 1.62. The number of carbonyl (C=O) groups is 7. The molecule has 3 aliphatic carbocycles. The molecule has 47 heavy (non-hydrogen) atoms. The van der Waals surface area contributed by atoms with Crippen molar-refractivity contribution in [3.8, 4) is 16.9 Å². The van der Waals surface area contributed by atoms with Gasteiger partial charge in [0.1, 0.15) is 12.3 Å². The van der Waals surface area contributed by atoms with Crippen molar-refractivity contribution in [3.63, 3.8) is 0 Å². The van der Waals surface area contributed by atoms with E-state index in [1.54, 1.807) is 44.2 Å². The van der Waals surface area contributed by atoms with Gasteiger partial charge in [-0.2, -0.15) is 0 Å². The van der Waals surface area contributed by atoms with Crippen molar-refractivity contribution in [2.24, 2.45) is 28.4 Å². The molecule has 13 nitrogen and oxygen atoms in total. The van der Waals surface area contributed by atoms with E-state index in [-0.39, 0.29) is 37.1 Å². The van der Waals surface area contributed by atoms with Gasteiger partial charge in [0.05, 0.1) is 24.1 Å². The Kier molecular flexibility index (Phi) is 8.22. The molecule has 3 aliphatic rings. The number of carbonyl (C=O) groups excluding carboxylic acids is 7. The summed E-state index contributed by atoms with van der Waals surface area (Å²) in [7, 11) is 3.04. The number of primary amides is 1. The van der Waals surface area contributed by atoms with Gasteiger partial charge in [-0.3, -0.25) is 38.5 Å². The van der Waals surface area contributed by atoms with Gasteiger partial charge in [0, 0.05) is 11.0 Å². The van der Waals surface area contributed by atoms with Crippen LogP contribution in [0.4, 0.5) is 0 Å². The summed E-state index contributed by atoms with van der Waals surface area (Å²) in [5.74, 6) is -10.7. The van der Waals surface area contributed by atoms with E-state index in [2.05, 4.69) is 5.32 Å². The topological polar surface area (TPSA) is 210 Å².